The number of carbonyl (C=O) groups is 1. The van der Waals surface area contributed by atoms with Crippen LogP contribution in [-0.2, 0) is 6.18 Å². The van der Waals surface area contributed by atoms with Crippen LogP contribution in [0, 0.1) is 0 Å². The van der Waals surface area contributed by atoms with Crippen LogP contribution in [0.2, 0.25) is 5.02 Å². The maximum Gasteiger partial charge on any atom is 0.417 e. The van der Waals surface area contributed by atoms with Gasteiger partial charge in [-0.25, -0.2) is 9.78 Å². The zero-order valence-corrected chi connectivity index (χ0v) is 11.7. The summed E-state index contributed by atoms with van der Waals surface area (Å²) in [6.45, 7) is 0. The second-order valence-electron chi connectivity index (χ2n) is 4.14. The minimum atomic E-state index is -4.57. The number of carboxylic acid groups (broad SMARTS) is 1. The van der Waals surface area contributed by atoms with E-state index in [9.17, 15) is 18.0 Å². The Hall–Kier alpha value is -2.35. The first-order chi connectivity index (χ1) is 10.2. The molecule has 22 heavy (non-hydrogen) atoms. The summed E-state index contributed by atoms with van der Waals surface area (Å²) >= 11 is 5.81. The predicted molar refractivity (Wildman–Crippen MR) is 71.0 cm³/mol. The Morgan fingerprint density at radius 2 is 1.95 bits per heavy atom. The molecule has 0 amide bonds. The normalized spacial score (nSPS) is 11.3. The molecule has 0 aliphatic heterocycles. The molecule has 0 aliphatic rings. The number of nitrogens with zero attached hydrogens (tertiary/aromatic N) is 2. The molecule has 0 aliphatic carbocycles. The first-order valence-corrected chi connectivity index (χ1v) is 6.12. The molecule has 0 saturated carbocycles. The van der Waals surface area contributed by atoms with E-state index < -0.39 is 17.7 Å². The summed E-state index contributed by atoms with van der Waals surface area (Å²) in [5, 5.41) is 8.80. The molecule has 0 fully saturated rings. The molecule has 2 rings (SSSR count). The number of aromatic carboxylic acids is 1. The average Bonchev–Trinajstić information content (AvgIpc) is 2.45. The van der Waals surface area contributed by atoms with Gasteiger partial charge in [-0.15, -0.1) is 0 Å². The number of hydrogen-bond donors (Lipinski definition) is 1. The Balaban J connectivity index is 2.53. The number of ether oxygens (including phenoxy) is 1. The van der Waals surface area contributed by atoms with Gasteiger partial charge in [0.1, 0.15) is 5.56 Å². The number of halogens is 4. The zero-order chi connectivity index (χ0) is 16.5. The zero-order valence-electron chi connectivity index (χ0n) is 11.0. The van der Waals surface area contributed by atoms with E-state index in [2.05, 4.69) is 9.97 Å². The Morgan fingerprint density at radius 1 is 1.27 bits per heavy atom. The first kappa shape index (κ1) is 16.0. The lowest BCUT2D eigenvalue weighted by Gasteiger charge is -2.10. The van der Waals surface area contributed by atoms with Crippen LogP contribution in [0.5, 0.6) is 5.88 Å². The van der Waals surface area contributed by atoms with Crippen molar-refractivity contribution in [1.29, 1.82) is 0 Å². The molecule has 0 spiro atoms. The fourth-order valence-corrected chi connectivity index (χ4v) is 1.98. The highest BCUT2D eigenvalue weighted by Crippen LogP contribution is 2.34. The number of methoxy groups -OCH3 is 1. The molecular weight excluding hydrogens is 325 g/mol. The molecule has 1 N–H and O–H groups in total. The van der Waals surface area contributed by atoms with E-state index in [4.69, 9.17) is 21.4 Å². The summed E-state index contributed by atoms with van der Waals surface area (Å²) in [5.74, 6) is -1.42. The lowest BCUT2D eigenvalue weighted by atomic mass is 10.1. The van der Waals surface area contributed by atoms with Gasteiger partial charge in [0.2, 0.25) is 5.88 Å². The van der Waals surface area contributed by atoms with Gasteiger partial charge in [-0.3, -0.25) is 4.98 Å². The van der Waals surface area contributed by atoms with Crippen molar-refractivity contribution in [2.75, 3.05) is 7.11 Å². The minimum Gasteiger partial charge on any atom is -0.480 e. The van der Waals surface area contributed by atoms with E-state index in [0.717, 1.165) is 0 Å². The van der Waals surface area contributed by atoms with Crippen molar-refractivity contribution in [1.82, 2.24) is 9.97 Å². The van der Waals surface area contributed by atoms with E-state index in [1.807, 2.05) is 0 Å². The van der Waals surface area contributed by atoms with Crippen LogP contribution in [0.3, 0.4) is 0 Å². The van der Waals surface area contributed by atoms with Crippen LogP contribution >= 0.6 is 11.6 Å². The topological polar surface area (TPSA) is 72.3 Å². The molecule has 5 nitrogen and oxygen atoms in total. The lowest BCUT2D eigenvalue weighted by molar-refractivity contribution is -0.137. The van der Waals surface area contributed by atoms with Gasteiger partial charge < -0.3 is 9.84 Å². The van der Waals surface area contributed by atoms with Crippen LogP contribution in [0.1, 0.15) is 15.9 Å². The second kappa shape index (κ2) is 5.80. The molecule has 9 heteroatoms. The molecular formula is C13H8ClF3N2O3. The van der Waals surface area contributed by atoms with E-state index >= 15 is 0 Å². The number of hydrogen-bond acceptors (Lipinski definition) is 4. The Kier molecular flexibility index (Phi) is 4.23. The third kappa shape index (κ3) is 3.11. The van der Waals surface area contributed by atoms with E-state index in [-0.39, 0.29) is 27.7 Å². The highest BCUT2D eigenvalue weighted by molar-refractivity contribution is 6.33. The van der Waals surface area contributed by atoms with E-state index in [1.165, 1.54) is 19.4 Å². The molecule has 0 unspecified atom stereocenters. The van der Waals surface area contributed by atoms with Gasteiger partial charge in [0.15, 0.2) is 0 Å². The van der Waals surface area contributed by atoms with Crippen molar-refractivity contribution in [2.24, 2.45) is 0 Å². The molecule has 0 radical (unpaired) electrons. The van der Waals surface area contributed by atoms with Gasteiger partial charge in [0, 0.05) is 18.0 Å². The average molecular weight is 333 g/mol. The Bertz CT molecular complexity index is 735. The smallest absolute Gasteiger partial charge is 0.417 e. The fraction of sp³-hybridized carbons (Fsp3) is 0.154. The first-order valence-electron chi connectivity index (χ1n) is 5.74. The largest absolute Gasteiger partial charge is 0.480 e. The monoisotopic (exact) mass is 332 g/mol. The van der Waals surface area contributed by atoms with Gasteiger partial charge in [-0.1, -0.05) is 11.6 Å². The second-order valence-corrected chi connectivity index (χ2v) is 4.55. The third-order valence-electron chi connectivity index (χ3n) is 2.72. The highest BCUT2D eigenvalue weighted by atomic mass is 35.5. The summed E-state index contributed by atoms with van der Waals surface area (Å²) in [6.07, 6.45) is -2.74. The molecule has 2 aromatic heterocycles. The molecule has 2 aromatic rings. The third-order valence-corrected chi connectivity index (χ3v) is 3.00. The van der Waals surface area contributed by atoms with Crippen LogP contribution < -0.4 is 4.74 Å². The van der Waals surface area contributed by atoms with Crippen molar-refractivity contribution < 1.29 is 27.8 Å². The molecule has 0 atom stereocenters. The molecule has 116 valence electrons. The molecule has 2 heterocycles. The number of pyridine rings is 2. The van der Waals surface area contributed by atoms with Crippen molar-refractivity contribution in [2.45, 2.75) is 6.18 Å². The van der Waals surface area contributed by atoms with Gasteiger partial charge in [-0.05, 0) is 12.1 Å². The van der Waals surface area contributed by atoms with Gasteiger partial charge in [-0.2, -0.15) is 13.2 Å². The summed E-state index contributed by atoms with van der Waals surface area (Å²) in [5.41, 5.74) is -1.09. The standard InChI is InChI=1S/C13H8ClF3N2O3/c1-22-11-8(12(20)21)2-6(4-19-11)10-9(14)3-7(5-18-10)13(15,16)17/h2-5H,1H3,(H,20,21). The summed E-state index contributed by atoms with van der Waals surface area (Å²) in [4.78, 5) is 18.5. The fourth-order valence-electron chi connectivity index (χ4n) is 1.70. The summed E-state index contributed by atoms with van der Waals surface area (Å²) in [6, 6.07) is 1.89. The van der Waals surface area contributed by atoms with Crippen molar-refractivity contribution in [3.63, 3.8) is 0 Å². The van der Waals surface area contributed by atoms with Crippen LogP contribution in [0.15, 0.2) is 24.5 Å². The van der Waals surface area contributed by atoms with Crippen LogP contribution in [0.4, 0.5) is 13.2 Å². The van der Waals surface area contributed by atoms with Crippen LogP contribution in [0.25, 0.3) is 11.3 Å². The van der Waals surface area contributed by atoms with E-state index in [1.54, 1.807) is 0 Å². The molecule has 0 aromatic carbocycles. The SMILES string of the molecule is COc1ncc(-c2ncc(C(F)(F)F)cc2Cl)cc1C(=O)O. The Morgan fingerprint density at radius 3 is 2.45 bits per heavy atom. The predicted octanol–water partition coefficient (Wildman–Crippen LogP) is 3.52. The number of carboxylic acids is 1. The van der Waals surface area contributed by atoms with Crippen molar-refractivity contribution in [3.05, 3.63) is 40.7 Å². The maximum absolute atomic E-state index is 12.6. The van der Waals surface area contributed by atoms with Crippen molar-refractivity contribution >= 4 is 17.6 Å². The highest BCUT2D eigenvalue weighted by Gasteiger charge is 2.31. The summed E-state index contributed by atoms with van der Waals surface area (Å²) < 4.78 is 42.5. The lowest BCUT2D eigenvalue weighted by Crippen LogP contribution is -2.06. The Labute approximate surface area is 127 Å². The van der Waals surface area contributed by atoms with Gasteiger partial charge >= 0.3 is 12.1 Å². The quantitative estimate of drug-likeness (QED) is 0.931. The summed E-state index contributed by atoms with van der Waals surface area (Å²) in [7, 11) is 1.25. The number of rotatable bonds is 3. The maximum atomic E-state index is 12.6. The number of aromatic nitrogens is 2. The molecule has 0 saturated heterocycles. The van der Waals surface area contributed by atoms with Gasteiger partial charge in [0.25, 0.3) is 0 Å². The minimum absolute atomic E-state index is 0.00711. The van der Waals surface area contributed by atoms with E-state index in [0.29, 0.717) is 12.3 Å². The van der Waals surface area contributed by atoms with Gasteiger partial charge in [0.05, 0.1) is 23.4 Å². The number of alkyl halides is 3. The van der Waals surface area contributed by atoms with Crippen LogP contribution in [-0.4, -0.2) is 28.2 Å². The molecule has 0 bridgehead atoms. The van der Waals surface area contributed by atoms with Crippen molar-refractivity contribution in [3.8, 4) is 17.1 Å².